The molecular weight excluding hydrogens is 296 g/mol. The number of hydrogen-bond acceptors (Lipinski definition) is 4. The molecule has 22 heavy (non-hydrogen) atoms. The number of pyridine rings is 2. The van der Waals surface area contributed by atoms with Crippen LogP contribution in [0.2, 0.25) is 0 Å². The lowest BCUT2D eigenvalue weighted by molar-refractivity contribution is 0.252. The van der Waals surface area contributed by atoms with E-state index in [1.807, 2.05) is 24.3 Å². The van der Waals surface area contributed by atoms with E-state index in [9.17, 15) is 4.79 Å². The van der Waals surface area contributed by atoms with Gasteiger partial charge in [-0.25, -0.2) is 14.8 Å². The Morgan fingerprint density at radius 3 is 2.77 bits per heavy atom. The molecule has 0 saturated heterocycles. The van der Waals surface area contributed by atoms with Crippen molar-refractivity contribution >= 4 is 23.5 Å². The van der Waals surface area contributed by atoms with Gasteiger partial charge < -0.3 is 10.6 Å². The van der Waals surface area contributed by atoms with Crippen LogP contribution in [0.15, 0.2) is 52.8 Å². The van der Waals surface area contributed by atoms with Crippen LogP contribution in [0.4, 0.5) is 10.5 Å². The fraction of sp³-hybridized carbons (Fsp3) is 0.312. The fourth-order valence-corrected chi connectivity index (χ4v) is 2.58. The highest BCUT2D eigenvalue weighted by Gasteiger charge is 2.04. The average molecular weight is 316 g/mol. The third-order valence-electron chi connectivity index (χ3n) is 2.91. The van der Waals surface area contributed by atoms with Crippen LogP contribution >= 0.6 is 11.8 Å². The first-order valence-corrected chi connectivity index (χ1v) is 8.19. The Labute approximate surface area is 135 Å². The monoisotopic (exact) mass is 316 g/mol. The Hall–Kier alpha value is -2.08. The summed E-state index contributed by atoms with van der Waals surface area (Å²) in [6, 6.07) is 9.15. The molecule has 2 rings (SSSR count). The highest BCUT2D eigenvalue weighted by Crippen LogP contribution is 2.25. The molecule has 0 radical (unpaired) electrons. The van der Waals surface area contributed by atoms with Gasteiger partial charge in [-0.3, -0.25) is 0 Å². The lowest BCUT2D eigenvalue weighted by atomic mass is 10.2. The molecule has 0 saturated carbocycles. The third-order valence-corrected chi connectivity index (χ3v) is 3.79. The number of amides is 2. The van der Waals surface area contributed by atoms with E-state index in [0.717, 1.165) is 35.0 Å². The second-order valence-corrected chi connectivity index (χ2v) is 5.78. The minimum Gasteiger partial charge on any atom is -0.338 e. The molecular formula is C16H20N4OS. The van der Waals surface area contributed by atoms with Crippen LogP contribution in [0.1, 0.15) is 26.2 Å². The molecule has 0 fully saturated rings. The Kier molecular flexibility index (Phi) is 6.70. The molecule has 2 N–H and O–H groups in total. The van der Waals surface area contributed by atoms with Gasteiger partial charge in [-0.05, 0) is 30.7 Å². The van der Waals surface area contributed by atoms with E-state index in [1.54, 1.807) is 18.5 Å². The van der Waals surface area contributed by atoms with Crippen LogP contribution < -0.4 is 10.6 Å². The minimum atomic E-state index is -0.184. The Balaban J connectivity index is 1.87. The normalized spacial score (nSPS) is 10.2. The lowest BCUT2D eigenvalue weighted by Gasteiger charge is -2.08. The van der Waals surface area contributed by atoms with Crippen LogP contribution in [-0.4, -0.2) is 22.5 Å². The molecule has 116 valence electrons. The van der Waals surface area contributed by atoms with Crippen LogP contribution in [0.5, 0.6) is 0 Å². The summed E-state index contributed by atoms with van der Waals surface area (Å²) in [5.74, 6) is 0. The minimum absolute atomic E-state index is 0.184. The van der Waals surface area contributed by atoms with E-state index in [-0.39, 0.29) is 6.03 Å². The number of aromatic nitrogens is 2. The largest absolute Gasteiger partial charge is 0.338 e. The Morgan fingerprint density at radius 1 is 1.14 bits per heavy atom. The van der Waals surface area contributed by atoms with Crippen LogP contribution in [-0.2, 0) is 0 Å². The Bertz CT molecular complexity index is 592. The molecule has 2 heterocycles. The van der Waals surface area contributed by atoms with E-state index < -0.39 is 0 Å². The van der Waals surface area contributed by atoms with Crippen molar-refractivity contribution in [3.05, 3.63) is 42.7 Å². The van der Waals surface area contributed by atoms with E-state index in [1.165, 1.54) is 11.8 Å². The van der Waals surface area contributed by atoms with E-state index >= 15 is 0 Å². The lowest BCUT2D eigenvalue weighted by Crippen LogP contribution is -2.29. The molecule has 0 spiro atoms. The van der Waals surface area contributed by atoms with Gasteiger partial charge in [0.2, 0.25) is 0 Å². The zero-order valence-electron chi connectivity index (χ0n) is 12.6. The quantitative estimate of drug-likeness (QED) is 0.759. The van der Waals surface area contributed by atoms with Crippen molar-refractivity contribution in [3.63, 3.8) is 0 Å². The van der Waals surface area contributed by atoms with Crippen molar-refractivity contribution in [2.75, 3.05) is 11.9 Å². The van der Waals surface area contributed by atoms with E-state index in [0.29, 0.717) is 6.54 Å². The van der Waals surface area contributed by atoms with Crippen LogP contribution in [0, 0.1) is 0 Å². The number of nitrogens with zero attached hydrogens (tertiary/aromatic N) is 2. The standard InChI is InChI=1S/C16H20N4OS/c1-2-3-5-10-19-16(21)20-13-8-11-18-15(12-13)22-14-7-4-6-9-17-14/h4,6-9,11-12H,2-3,5,10H2,1H3,(H2,18,19,20,21). The SMILES string of the molecule is CCCCCNC(=O)Nc1ccnc(Sc2ccccn2)c1. The van der Waals surface area contributed by atoms with Crippen molar-refractivity contribution < 1.29 is 4.79 Å². The number of hydrogen-bond donors (Lipinski definition) is 2. The van der Waals surface area contributed by atoms with Gasteiger partial charge in [0.1, 0.15) is 10.1 Å². The maximum absolute atomic E-state index is 11.8. The molecule has 0 aliphatic heterocycles. The number of carbonyl (C=O) groups excluding carboxylic acids is 1. The first-order valence-electron chi connectivity index (χ1n) is 7.37. The smallest absolute Gasteiger partial charge is 0.319 e. The molecule has 5 nitrogen and oxygen atoms in total. The molecule has 6 heteroatoms. The second-order valence-electron chi connectivity index (χ2n) is 4.74. The molecule has 2 amide bonds. The number of anilines is 1. The summed E-state index contributed by atoms with van der Waals surface area (Å²) in [4.78, 5) is 20.3. The first kappa shape index (κ1) is 16.3. The molecule has 0 aromatic carbocycles. The summed E-state index contributed by atoms with van der Waals surface area (Å²) in [6.45, 7) is 2.83. The van der Waals surface area contributed by atoms with Gasteiger partial charge in [-0.2, -0.15) is 0 Å². The van der Waals surface area contributed by atoms with Gasteiger partial charge in [0.15, 0.2) is 0 Å². The van der Waals surface area contributed by atoms with E-state index in [4.69, 9.17) is 0 Å². The van der Waals surface area contributed by atoms with Gasteiger partial charge in [0.25, 0.3) is 0 Å². The fourth-order valence-electron chi connectivity index (χ4n) is 1.81. The van der Waals surface area contributed by atoms with Gasteiger partial charge in [-0.15, -0.1) is 0 Å². The number of carbonyl (C=O) groups is 1. The number of rotatable bonds is 7. The molecule has 0 aliphatic carbocycles. The Morgan fingerprint density at radius 2 is 2.00 bits per heavy atom. The highest BCUT2D eigenvalue weighted by atomic mass is 32.2. The van der Waals surface area contributed by atoms with Gasteiger partial charge in [0.05, 0.1) is 0 Å². The molecule has 0 atom stereocenters. The van der Waals surface area contributed by atoms with Crippen molar-refractivity contribution in [3.8, 4) is 0 Å². The summed E-state index contributed by atoms with van der Waals surface area (Å²) >= 11 is 1.46. The van der Waals surface area contributed by atoms with Crippen molar-refractivity contribution in [1.29, 1.82) is 0 Å². The number of urea groups is 1. The summed E-state index contributed by atoms with van der Waals surface area (Å²) in [6.07, 6.45) is 6.69. The van der Waals surface area contributed by atoms with Crippen molar-refractivity contribution in [2.24, 2.45) is 0 Å². The molecule has 2 aromatic heterocycles. The second kappa shape index (κ2) is 9.04. The predicted octanol–water partition coefficient (Wildman–Crippen LogP) is 3.94. The molecule has 0 unspecified atom stereocenters. The van der Waals surface area contributed by atoms with Crippen LogP contribution in [0.25, 0.3) is 0 Å². The predicted molar refractivity (Wildman–Crippen MR) is 89.1 cm³/mol. The number of unbranched alkanes of at least 4 members (excludes halogenated alkanes) is 2. The maximum Gasteiger partial charge on any atom is 0.319 e. The zero-order valence-corrected chi connectivity index (χ0v) is 13.4. The van der Waals surface area contributed by atoms with Crippen molar-refractivity contribution in [2.45, 2.75) is 36.2 Å². The maximum atomic E-state index is 11.8. The zero-order chi connectivity index (χ0) is 15.6. The third kappa shape index (κ3) is 5.73. The van der Waals surface area contributed by atoms with Gasteiger partial charge in [0, 0.05) is 24.6 Å². The molecule has 2 aromatic rings. The average Bonchev–Trinajstić information content (AvgIpc) is 2.53. The summed E-state index contributed by atoms with van der Waals surface area (Å²) in [7, 11) is 0. The highest BCUT2D eigenvalue weighted by molar-refractivity contribution is 7.99. The van der Waals surface area contributed by atoms with Crippen molar-refractivity contribution in [1.82, 2.24) is 15.3 Å². The van der Waals surface area contributed by atoms with E-state index in [2.05, 4.69) is 27.5 Å². The summed E-state index contributed by atoms with van der Waals surface area (Å²) in [5.41, 5.74) is 0.724. The van der Waals surface area contributed by atoms with Gasteiger partial charge >= 0.3 is 6.03 Å². The number of nitrogens with one attached hydrogen (secondary N) is 2. The van der Waals surface area contributed by atoms with Gasteiger partial charge in [-0.1, -0.05) is 37.6 Å². The summed E-state index contributed by atoms with van der Waals surface area (Å²) in [5, 5.41) is 7.33. The molecule has 0 aliphatic rings. The summed E-state index contributed by atoms with van der Waals surface area (Å²) < 4.78 is 0. The van der Waals surface area contributed by atoms with Crippen LogP contribution in [0.3, 0.4) is 0 Å². The first-order chi connectivity index (χ1) is 10.8. The molecule has 0 bridgehead atoms. The topological polar surface area (TPSA) is 66.9 Å².